The van der Waals surface area contributed by atoms with E-state index in [1.165, 1.54) is 0 Å². The lowest BCUT2D eigenvalue weighted by Gasteiger charge is -2.34. The molecule has 1 amide bonds. The van der Waals surface area contributed by atoms with E-state index in [4.69, 9.17) is 16.3 Å². The smallest absolute Gasteiger partial charge is 0.378 e. The number of fused-ring (bicyclic) bond motifs is 1. The molecule has 1 aliphatic rings. The van der Waals surface area contributed by atoms with Crippen LogP contribution in [0.2, 0.25) is 5.02 Å². The average Bonchev–Trinajstić information content (AvgIpc) is 2.54. The average molecular weight is 374 g/mol. The van der Waals surface area contributed by atoms with Crippen LogP contribution in [0.3, 0.4) is 0 Å². The van der Waals surface area contributed by atoms with Gasteiger partial charge in [0.05, 0.1) is 30.3 Å². The van der Waals surface area contributed by atoms with Gasteiger partial charge in [-0.25, -0.2) is 4.98 Å². The van der Waals surface area contributed by atoms with Crippen molar-refractivity contribution in [3.8, 4) is 0 Å². The molecule has 0 radical (unpaired) electrons. The zero-order valence-corrected chi connectivity index (χ0v) is 13.8. The van der Waals surface area contributed by atoms with Crippen LogP contribution in [-0.2, 0) is 9.53 Å². The quantitative estimate of drug-likeness (QED) is 0.898. The molecule has 134 valence electrons. The molecule has 1 fully saturated rings. The lowest BCUT2D eigenvalue weighted by Crippen LogP contribution is -2.54. The van der Waals surface area contributed by atoms with E-state index in [0.29, 0.717) is 10.5 Å². The minimum absolute atomic E-state index is 0.0363. The van der Waals surface area contributed by atoms with Gasteiger partial charge in [0.1, 0.15) is 11.9 Å². The van der Waals surface area contributed by atoms with Crippen molar-refractivity contribution in [3.63, 3.8) is 0 Å². The molecule has 0 spiro atoms. The summed E-state index contributed by atoms with van der Waals surface area (Å²) in [5.74, 6) is -0.369. The highest BCUT2D eigenvalue weighted by Gasteiger charge is 2.38. The molecule has 1 aliphatic heterocycles. The summed E-state index contributed by atoms with van der Waals surface area (Å²) >= 11 is 6.08. The van der Waals surface area contributed by atoms with Gasteiger partial charge in [0.2, 0.25) is 5.91 Å². The van der Waals surface area contributed by atoms with Gasteiger partial charge in [-0.3, -0.25) is 9.69 Å². The minimum atomic E-state index is -4.38. The number of rotatable bonds is 3. The number of anilines is 1. The third-order valence-electron chi connectivity index (χ3n) is 3.85. The highest BCUT2D eigenvalue weighted by Crippen LogP contribution is 2.24. The van der Waals surface area contributed by atoms with Gasteiger partial charge in [0.25, 0.3) is 0 Å². The monoisotopic (exact) mass is 373 g/mol. The Balaban J connectivity index is 1.77. The number of carbonyl (C=O) groups is 1. The Morgan fingerprint density at radius 2 is 2.16 bits per heavy atom. The van der Waals surface area contributed by atoms with Gasteiger partial charge < -0.3 is 10.1 Å². The summed E-state index contributed by atoms with van der Waals surface area (Å²) in [5, 5.41) is 3.77. The second-order valence-corrected chi connectivity index (χ2v) is 6.08. The Bertz CT molecular complexity index is 785. The Labute approximate surface area is 146 Å². The molecule has 1 saturated heterocycles. The standard InChI is InChI=1S/C16H15ClF3N3O2/c17-11-3-1-2-10-4-5-13(21-14(10)11)22-15(24)12-8-25-7-6-23(12)9-16(18,19)20/h1-5,12H,6-9H2,(H,21,22,24). The molecule has 1 atom stereocenters. The molecule has 1 unspecified atom stereocenters. The molecule has 0 aliphatic carbocycles. The largest absolute Gasteiger partial charge is 0.401 e. The summed E-state index contributed by atoms with van der Waals surface area (Å²) < 4.78 is 43.2. The lowest BCUT2D eigenvalue weighted by atomic mass is 10.2. The maximum atomic E-state index is 12.7. The lowest BCUT2D eigenvalue weighted by molar-refractivity contribution is -0.165. The number of nitrogens with one attached hydrogen (secondary N) is 1. The predicted octanol–water partition coefficient (Wildman–Crippen LogP) is 3.09. The van der Waals surface area contributed by atoms with Gasteiger partial charge in [0.15, 0.2) is 0 Å². The van der Waals surface area contributed by atoms with Crippen molar-refractivity contribution in [2.75, 3.05) is 31.6 Å². The van der Waals surface area contributed by atoms with Gasteiger partial charge in [-0.15, -0.1) is 0 Å². The van der Waals surface area contributed by atoms with Crippen LogP contribution in [0.25, 0.3) is 10.9 Å². The van der Waals surface area contributed by atoms with Gasteiger partial charge in [-0.1, -0.05) is 23.7 Å². The van der Waals surface area contributed by atoms with Gasteiger partial charge in [-0.05, 0) is 18.2 Å². The van der Waals surface area contributed by atoms with Crippen molar-refractivity contribution in [2.24, 2.45) is 0 Å². The molecule has 0 saturated carbocycles. The summed E-state index contributed by atoms with van der Waals surface area (Å²) in [4.78, 5) is 17.7. The van der Waals surface area contributed by atoms with Gasteiger partial charge in [0, 0.05) is 11.9 Å². The van der Waals surface area contributed by atoms with E-state index in [-0.39, 0.29) is 25.6 Å². The fourth-order valence-electron chi connectivity index (χ4n) is 2.69. The first-order valence-corrected chi connectivity index (χ1v) is 7.96. The fourth-order valence-corrected chi connectivity index (χ4v) is 2.91. The number of pyridine rings is 1. The number of hydrogen-bond donors (Lipinski definition) is 1. The van der Waals surface area contributed by atoms with Crippen molar-refractivity contribution in [1.82, 2.24) is 9.88 Å². The molecular weight excluding hydrogens is 359 g/mol. The Morgan fingerprint density at radius 3 is 2.92 bits per heavy atom. The molecule has 1 aromatic heterocycles. The zero-order valence-electron chi connectivity index (χ0n) is 13.0. The number of para-hydroxylation sites is 1. The van der Waals surface area contributed by atoms with Crippen LogP contribution >= 0.6 is 11.6 Å². The highest BCUT2D eigenvalue weighted by atomic mass is 35.5. The summed E-state index contributed by atoms with van der Waals surface area (Å²) in [6.45, 7) is -1.07. The molecule has 2 aromatic rings. The van der Waals surface area contributed by atoms with Crippen molar-refractivity contribution < 1.29 is 22.7 Å². The SMILES string of the molecule is O=C(Nc1ccc2cccc(Cl)c2n1)C1COCCN1CC(F)(F)F. The third-order valence-corrected chi connectivity index (χ3v) is 4.15. The molecule has 25 heavy (non-hydrogen) atoms. The van der Waals surface area contributed by atoms with Gasteiger partial charge in [-0.2, -0.15) is 13.2 Å². The highest BCUT2D eigenvalue weighted by molar-refractivity contribution is 6.35. The third kappa shape index (κ3) is 4.39. The number of benzene rings is 1. The molecule has 5 nitrogen and oxygen atoms in total. The normalized spacial score (nSPS) is 19.1. The summed E-state index contributed by atoms with van der Waals surface area (Å²) in [6.07, 6.45) is -4.38. The first kappa shape index (κ1) is 17.9. The van der Waals surface area contributed by atoms with Crippen molar-refractivity contribution in [2.45, 2.75) is 12.2 Å². The Hall–Kier alpha value is -1.90. The molecule has 3 rings (SSSR count). The summed E-state index contributed by atoms with van der Waals surface area (Å²) in [7, 11) is 0. The summed E-state index contributed by atoms with van der Waals surface area (Å²) in [5.41, 5.74) is 0.508. The maximum Gasteiger partial charge on any atom is 0.401 e. The first-order valence-electron chi connectivity index (χ1n) is 7.58. The van der Waals surface area contributed by atoms with Crippen molar-refractivity contribution in [3.05, 3.63) is 35.4 Å². The maximum absolute atomic E-state index is 12.7. The van der Waals surface area contributed by atoms with Crippen molar-refractivity contribution >= 4 is 34.2 Å². The van der Waals surface area contributed by atoms with Crippen LogP contribution in [0.1, 0.15) is 0 Å². The van der Waals surface area contributed by atoms with E-state index >= 15 is 0 Å². The van der Waals surface area contributed by atoms with E-state index < -0.39 is 24.7 Å². The fraction of sp³-hybridized carbons (Fsp3) is 0.375. The van der Waals surface area contributed by atoms with E-state index in [1.807, 2.05) is 6.07 Å². The number of hydrogen-bond acceptors (Lipinski definition) is 4. The number of morpholine rings is 1. The van der Waals surface area contributed by atoms with Crippen LogP contribution in [0.15, 0.2) is 30.3 Å². The zero-order chi connectivity index (χ0) is 18.0. The molecule has 9 heteroatoms. The second-order valence-electron chi connectivity index (χ2n) is 5.67. The van der Waals surface area contributed by atoms with E-state index in [1.54, 1.807) is 24.3 Å². The van der Waals surface area contributed by atoms with E-state index in [2.05, 4.69) is 10.3 Å². The number of nitrogens with zero attached hydrogens (tertiary/aromatic N) is 2. The molecule has 1 N–H and O–H groups in total. The van der Waals surface area contributed by atoms with Crippen LogP contribution in [0.4, 0.5) is 19.0 Å². The number of ether oxygens (including phenoxy) is 1. The van der Waals surface area contributed by atoms with Crippen molar-refractivity contribution in [1.29, 1.82) is 0 Å². The van der Waals surface area contributed by atoms with Crippen LogP contribution in [0.5, 0.6) is 0 Å². The van der Waals surface area contributed by atoms with Crippen LogP contribution in [0, 0.1) is 0 Å². The number of aromatic nitrogens is 1. The molecule has 1 aromatic carbocycles. The Morgan fingerprint density at radius 1 is 1.36 bits per heavy atom. The topological polar surface area (TPSA) is 54.5 Å². The first-order chi connectivity index (χ1) is 11.8. The minimum Gasteiger partial charge on any atom is -0.378 e. The number of halogens is 4. The predicted molar refractivity (Wildman–Crippen MR) is 87.6 cm³/mol. The Kier molecular flexibility index (Phi) is 5.12. The van der Waals surface area contributed by atoms with Crippen LogP contribution < -0.4 is 5.32 Å². The van der Waals surface area contributed by atoms with E-state index in [9.17, 15) is 18.0 Å². The van der Waals surface area contributed by atoms with Gasteiger partial charge >= 0.3 is 6.18 Å². The second kappa shape index (κ2) is 7.15. The van der Waals surface area contributed by atoms with Crippen LogP contribution in [-0.4, -0.2) is 54.3 Å². The number of alkyl halides is 3. The van der Waals surface area contributed by atoms with E-state index in [0.717, 1.165) is 10.3 Å². The number of carbonyl (C=O) groups excluding carboxylic acids is 1. The molecular formula is C16H15ClF3N3O2. The molecule has 2 heterocycles. The number of amides is 1. The summed E-state index contributed by atoms with van der Waals surface area (Å²) in [6, 6.07) is 7.55. The molecule has 0 bridgehead atoms.